The molecule has 1 amide bonds. The molecule has 0 aromatic carbocycles. The highest BCUT2D eigenvalue weighted by Crippen LogP contribution is 2.36. The number of rotatable bonds is 1. The molecule has 94 valence electrons. The fourth-order valence-electron chi connectivity index (χ4n) is 2.21. The fourth-order valence-corrected chi connectivity index (χ4v) is 2.21. The maximum Gasteiger partial charge on any atom is 0.244 e. The molecule has 0 atom stereocenters. The van der Waals surface area contributed by atoms with Gasteiger partial charge in [-0.15, -0.1) is 0 Å². The standard InChI is InChI=1S/C12H20N4O/c1-6-8-10-11(15(5)14-8)16(12(2,3)4)7-9(17)13-10/h6-7H2,1-5H3,(H,13,17). The van der Waals surface area contributed by atoms with E-state index in [0.29, 0.717) is 6.54 Å². The Labute approximate surface area is 102 Å². The summed E-state index contributed by atoms with van der Waals surface area (Å²) in [4.78, 5) is 13.9. The van der Waals surface area contributed by atoms with Crippen LogP contribution in [0.3, 0.4) is 0 Å². The van der Waals surface area contributed by atoms with Gasteiger partial charge < -0.3 is 10.2 Å². The quantitative estimate of drug-likeness (QED) is 0.804. The van der Waals surface area contributed by atoms with Gasteiger partial charge >= 0.3 is 0 Å². The molecule has 1 aliphatic rings. The summed E-state index contributed by atoms with van der Waals surface area (Å²) in [7, 11) is 1.92. The number of carbonyl (C=O) groups excluding carboxylic acids is 1. The lowest BCUT2D eigenvalue weighted by Crippen LogP contribution is -2.49. The van der Waals surface area contributed by atoms with E-state index in [1.165, 1.54) is 0 Å². The second-order valence-corrected chi connectivity index (χ2v) is 5.43. The van der Waals surface area contributed by atoms with E-state index >= 15 is 0 Å². The van der Waals surface area contributed by atoms with E-state index in [0.717, 1.165) is 23.6 Å². The molecule has 5 heteroatoms. The van der Waals surface area contributed by atoms with Gasteiger partial charge in [-0.05, 0) is 27.2 Å². The van der Waals surface area contributed by atoms with Crippen LogP contribution < -0.4 is 10.2 Å². The number of carbonyl (C=O) groups is 1. The first-order valence-corrected chi connectivity index (χ1v) is 5.98. The normalized spacial score (nSPS) is 15.8. The van der Waals surface area contributed by atoms with Crippen LogP contribution in [-0.4, -0.2) is 27.8 Å². The van der Waals surface area contributed by atoms with Gasteiger partial charge in [0.05, 0.1) is 12.2 Å². The van der Waals surface area contributed by atoms with Gasteiger partial charge in [0.15, 0.2) is 5.82 Å². The molecule has 5 nitrogen and oxygen atoms in total. The minimum Gasteiger partial charge on any atom is -0.341 e. The third kappa shape index (κ3) is 1.90. The van der Waals surface area contributed by atoms with Crippen LogP contribution in [0.5, 0.6) is 0 Å². The largest absolute Gasteiger partial charge is 0.341 e. The topological polar surface area (TPSA) is 50.2 Å². The zero-order valence-electron chi connectivity index (χ0n) is 11.2. The molecule has 0 unspecified atom stereocenters. The Hall–Kier alpha value is -1.52. The first-order chi connectivity index (χ1) is 7.84. The van der Waals surface area contributed by atoms with E-state index in [9.17, 15) is 4.79 Å². The van der Waals surface area contributed by atoms with Gasteiger partial charge in [-0.3, -0.25) is 9.48 Å². The summed E-state index contributed by atoms with van der Waals surface area (Å²) in [6.45, 7) is 8.75. The van der Waals surface area contributed by atoms with Gasteiger partial charge in [0, 0.05) is 12.6 Å². The molecule has 2 rings (SSSR count). The summed E-state index contributed by atoms with van der Waals surface area (Å²) in [5.41, 5.74) is 1.73. The average molecular weight is 236 g/mol. The molecule has 0 spiro atoms. The van der Waals surface area contributed by atoms with Crippen molar-refractivity contribution < 1.29 is 4.79 Å². The SMILES string of the molecule is CCc1nn(C)c2c1NC(=O)CN2C(C)(C)C. The lowest BCUT2D eigenvalue weighted by Gasteiger charge is -2.39. The summed E-state index contributed by atoms with van der Waals surface area (Å²) in [6, 6.07) is 0. The Morgan fingerprint density at radius 3 is 2.59 bits per heavy atom. The van der Waals surface area contributed by atoms with E-state index in [4.69, 9.17) is 0 Å². The van der Waals surface area contributed by atoms with Crippen LogP contribution in [0.1, 0.15) is 33.4 Å². The fraction of sp³-hybridized carbons (Fsp3) is 0.667. The van der Waals surface area contributed by atoms with E-state index < -0.39 is 0 Å². The molecule has 0 aliphatic carbocycles. The molecule has 1 aliphatic heterocycles. The number of fused-ring (bicyclic) bond motifs is 1. The molecule has 0 saturated heterocycles. The van der Waals surface area contributed by atoms with Crippen LogP contribution in [0, 0.1) is 0 Å². The van der Waals surface area contributed by atoms with E-state index in [1.54, 1.807) is 0 Å². The number of anilines is 2. The molecule has 17 heavy (non-hydrogen) atoms. The third-order valence-electron chi connectivity index (χ3n) is 3.06. The van der Waals surface area contributed by atoms with Gasteiger partial charge in [-0.1, -0.05) is 6.92 Å². The minimum absolute atomic E-state index is 0.0372. The van der Waals surface area contributed by atoms with Crippen molar-refractivity contribution in [2.45, 2.75) is 39.7 Å². The van der Waals surface area contributed by atoms with Crippen LogP contribution in [-0.2, 0) is 18.3 Å². The molecule has 1 N–H and O–H groups in total. The average Bonchev–Trinajstić information content (AvgIpc) is 2.53. The second kappa shape index (κ2) is 3.75. The van der Waals surface area contributed by atoms with Crippen LogP contribution in [0.15, 0.2) is 0 Å². The van der Waals surface area contributed by atoms with E-state index in [-0.39, 0.29) is 11.4 Å². The van der Waals surface area contributed by atoms with Gasteiger partial charge in [0.25, 0.3) is 0 Å². The molecule has 0 fully saturated rings. The number of hydrogen-bond acceptors (Lipinski definition) is 3. The van der Waals surface area contributed by atoms with Gasteiger partial charge in [-0.2, -0.15) is 5.10 Å². The molecule has 1 aromatic rings. The number of nitrogens with one attached hydrogen (secondary N) is 1. The van der Waals surface area contributed by atoms with Crippen molar-refractivity contribution >= 4 is 17.4 Å². The minimum atomic E-state index is -0.0919. The maximum atomic E-state index is 11.8. The number of nitrogens with zero attached hydrogens (tertiary/aromatic N) is 3. The predicted molar refractivity (Wildman–Crippen MR) is 68.3 cm³/mol. The van der Waals surface area contributed by atoms with Crippen LogP contribution in [0.2, 0.25) is 0 Å². The Kier molecular flexibility index (Phi) is 2.64. The number of amides is 1. The molecule has 0 saturated carbocycles. The molecular weight excluding hydrogens is 216 g/mol. The summed E-state index contributed by atoms with van der Waals surface area (Å²) < 4.78 is 1.86. The van der Waals surface area contributed by atoms with Gasteiger partial charge in [0.1, 0.15) is 5.69 Å². The van der Waals surface area contributed by atoms with Crippen molar-refractivity contribution in [2.75, 3.05) is 16.8 Å². The summed E-state index contributed by atoms with van der Waals surface area (Å²) in [5.74, 6) is 1.05. The number of hydrogen-bond donors (Lipinski definition) is 1. The van der Waals surface area contributed by atoms with Crippen molar-refractivity contribution in [3.63, 3.8) is 0 Å². The van der Waals surface area contributed by atoms with Crippen LogP contribution in [0.25, 0.3) is 0 Å². The molecular formula is C12H20N4O. The molecule has 2 heterocycles. The van der Waals surface area contributed by atoms with Gasteiger partial charge in [-0.25, -0.2) is 0 Å². The Morgan fingerprint density at radius 2 is 2.06 bits per heavy atom. The first-order valence-electron chi connectivity index (χ1n) is 5.98. The highest BCUT2D eigenvalue weighted by atomic mass is 16.2. The molecule has 1 aromatic heterocycles. The molecule has 0 bridgehead atoms. The summed E-state index contributed by atoms with van der Waals surface area (Å²) in [6.07, 6.45) is 0.821. The number of aromatic nitrogens is 2. The Balaban J connectivity index is 2.57. The molecule has 0 radical (unpaired) electrons. The summed E-state index contributed by atoms with van der Waals surface area (Å²) >= 11 is 0. The van der Waals surface area contributed by atoms with Crippen molar-refractivity contribution in [3.05, 3.63) is 5.69 Å². The first kappa shape index (κ1) is 12.0. The zero-order valence-corrected chi connectivity index (χ0v) is 11.2. The Bertz CT molecular complexity index is 456. The second-order valence-electron chi connectivity index (χ2n) is 5.43. The van der Waals surface area contributed by atoms with E-state index in [2.05, 4.69) is 36.1 Å². The predicted octanol–water partition coefficient (Wildman–Crippen LogP) is 1.54. The van der Waals surface area contributed by atoms with Gasteiger partial charge in [0.2, 0.25) is 5.91 Å². The maximum absolute atomic E-state index is 11.8. The smallest absolute Gasteiger partial charge is 0.244 e. The van der Waals surface area contributed by atoms with Crippen molar-refractivity contribution in [1.29, 1.82) is 0 Å². The lowest BCUT2D eigenvalue weighted by molar-refractivity contribution is -0.115. The van der Waals surface area contributed by atoms with Crippen molar-refractivity contribution in [1.82, 2.24) is 9.78 Å². The highest BCUT2D eigenvalue weighted by molar-refractivity contribution is 6.01. The van der Waals surface area contributed by atoms with Crippen LogP contribution >= 0.6 is 0 Å². The van der Waals surface area contributed by atoms with Crippen molar-refractivity contribution in [3.8, 4) is 0 Å². The van der Waals surface area contributed by atoms with Crippen LogP contribution in [0.4, 0.5) is 11.5 Å². The van der Waals surface area contributed by atoms with Crippen molar-refractivity contribution in [2.24, 2.45) is 7.05 Å². The Morgan fingerprint density at radius 1 is 1.41 bits per heavy atom. The lowest BCUT2D eigenvalue weighted by atomic mass is 10.0. The summed E-state index contributed by atoms with van der Waals surface area (Å²) in [5, 5.41) is 7.41. The third-order valence-corrected chi connectivity index (χ3v) is 3.06. The number of aryl methyl sites for hydroxylation is 2. The monoisotopic (exact) mass is 236 g/mol. The zero-order chi connectivity index (χ0) is 12.8. The highest BCUT2D eigenvalue weighted by Gasteiger charge is 2.34. The van der Waals surface area contributed by atoms with E-state index in [1.807, 2.05) is 18.7 Å².